The van der Waals surface area contributed by atoms with Gasteiger partial charge in [-0.1, -0.05) is 30.3 Å². The molecule has 0 aliphatic carbocycles. The topological polar surface area (TPSA) is 63.6 Å². The molecule has 22 heavy (non-hydrogen) atoms. The van der Waals surface area contributed by atoms with Gasteiger partial charge in [-0.15, -0.1) is 0 Å². The summed E-state index contributed by atoms with van der Waals surface area (Å²) in [5, 5.41) is 1.69. The van der Waals surface area contributed by atoms with Crippen molar-refractivity contribution in [1.29, 1.82) is 0 Å². The van der Waals surface area contributed by atoms with E-state index in [0.717, 1.165) is 33.4 Å². The fourth-order valence-corrected chi connectivity index (χ4v) is 3.34. The van der Waals surface area contributed by atoms with E-state index in [2.05, 4.69) is 0 Å². The molecule has 3 aromatic carbocycles. The van der Waals surface area contributed by atoms with Crippen LogP contribution < -0.4 is 4.74 Å². The van der Waals surface area contributed by atoms with Gasteiger partial charge in [0.05, 0.1) is 4.90 Å². The van der Waals surface area contributed by atoms with Gasteiger partial charge in [-0.3, -0.25) is 4.55 Å². The first kappa shape index (κ1) is 13.3. The van der Waals surface area contributed by atoms with Gasteiger partial charge in [0.2, 0.25) is 0 Å². The second-order valence-corrected chi connectivity index (χ2v) is 6.71. The molecule has 4 nitrogen and oxygen atoms in total. The largest absolute Gasteiger partial charge is 0.457 e. The van der Waals surface area contributed by atoms with Crippen LogP contribution in [0.15, 0.2) is 59.5 Å². The Labute approximate surface area is 127 Å². The smallest absolute Gasteiger partial charge is 0.294 e. The van der Waals surface area contributed by atoms with Crippen molar-refractivity contribution >= 4 is 20.9 Å². The number of hydrogen-bond acceptors (Lipinski definition) is 3. The van der Waals surface area contributed by atoms with Crippen molar-refractivity contribution in [1.82, 2.24) is 0 Å². The predicted molar refractivity (Wildman–Crippen MR) is 83.1 cm³/mol. The van der Waals surface area contributed by atoms with Crippen LogP contribution in [0.3, 0.4) is 0 Å². The van der Waals surface area contributed by atoms with Crippen molar-refractivity contribution in [3.8, 4) is 11.5 Å². The summed E-state index contributed by atoms with van der Waals surface area (Å²) in [5.41, 5.74) is 1.99. The molecule has 0 amide bonds. The maximum absolute atomic E-state index is 11.4. The Hall–Kier alpha value is -2.37. The van der Waals surface area contributed by atoms with Gasteiger partial charge in [-0.25, -0.2) is 0 Å². The summed E-state index contributed by atoms with van der Waals surface area (Å²) in [6.07, 6.45) is 0.664. The fourth-order valence-electron chi connectivity index (χ4n) is 2.84. The van der Waals surface area contributed by atoms with Crippen molar-refractivity contribution in [3.63, 3.8) is 0 Å². The first-order chi connectivity index (χ1) is 10.5. The van der Waals surface area contributed by atoms with Crippen LogP contribution >= 0.6 is 0 Å². The highest BCUT2D eigenvalue weighted by atomic mass is 32.2. The molecule has 1 heterocycles. The van der Waals surface area contributed by atoms with Gasteiger partial charge < -0.3 is 4.74 Å². The lowest BCUT2D eigenvalue weighted by Crippen LogP contribution is -2.04. The number of para-hydroxylation sites is 1. The van der Waals surface area contributed by atoms with Crippen LogP contribution in [0.1, 0.15) is 11.1 Å². The summed E-state index contributed by atoms with van der Waals surface area (Å²) in [6, 6.07) is 16.1. The Bertz CT molecular complexity index is 1010. The fraction of sp³-hybridized carbons (Fsp3) is 0.0588. The first-order valence-electron chi connectivity index (χ1n) is 6.81. The molecule has 0 spiro atoms. The Morgan fingerprint density at radius 3 is 2.55 bits per heavy atom. The van der Waals surface area contributed by atoms with Crippen LogP contribution in [0.5, 0.6) is 11.5 Å². The molecule has 0 atom stereocenters. The quantitative estimate of drug-likeness (QED) is 0.543. The molecule has 1 aliphatic rings. The lowest BCUT2D eigenvalue weighted by molar-refractivity contribution is 0.461. The van der Waals surface area contributed by atoms with Gasteiger partial charge >= 0.3 is 0 Å². The van der Waals surface area contributed by atoms with Gasteiger partial charge in [-0.2, -0.15) is 8.42 Å². The first-order valence-corrected chi connectivity index (χ1v) is 8.25. The van der Waals surface area contributed by atoms with Gasteiger partial charge in [0, 0.05) is 12.0 Å². The Morgan fingerprint density at radius 2 is 1.73 bits per heavy atom. The summed E-state index contributed by atoms with van der Waals surface area (Å²) in [5.74, 6) is 1.54. The highest BCUT2D eigenvalue weighted by molar-refractivity contribution is 7.85. The van der Waals surface area contributed by atoms with E-state index in [1.165, 1.54) is 12.1 Å². The molecule has 4 rings (SSSR count). The zero-order chi connectivity index (χ0) is 15.3. The van der Waals surface area contributed by atoms with E-state index < -0.39 is 10.1 Å². The summed E-state index contributed by atoms with van der Waals surface area (Å²) in [4.78, 5) is -0.104. The molecule has 1 aliphatic heterocycles. The van der Waals surface area contributed by atoms with Gasteiger partial charge in [0.25, 0.3) is 10.1 Å². The molecule has 0 saturated carbocycles. The van der Waals surface area contributed by atoms with Crippen LogP contribution in [0.2, 0.25) is 0 Å². The van der Waals surface area contributed by atoms with Gasteiger partial charge in [-0.05, 0) is 40.6 Å². The third-order valence-corrected chi connectivity index (χ3v) is 4.77. The molecular weight excluding hydrogens is 300 g/mol. The monoisotopic (exact) mass is 312 g/mol. The Kier molecular flexibility index (Phi) is 2.76. The van der Waals surface area contributed by atoms with Crippen molar-refractivity contribution in [2.45, 2.75) is 11.3 Å². The third kappa shape index (κ3) is 2.06. The number of benzene rings is 3. The summed E-state index contributed by atoms with van der Waals surface area (Å²) < 4.78 is 37.9. The average molecular weight is 312 g/mol. The van der Waals surface area contributed by atoms with E-state index in [-0.39, 0.29) is 4.90 Å². The molecule has 0 unspecified atom stereocenters. The molecule has 3 aromatic rings. The number of hydrogen-bond donors (Lipinski definition) is 1. The summed E-state index contributed by atoms with van der Waals surface area (Å²) >= 11 is 0. The molecule has 1 N–H and O–H groups in total. The minimum Gasteiger partial charge on any atom is -0.457 e. The molecular formula is C17H12O4S. The second-order valence-electron chi connectivity index (χ2n) is 5.29. The normalized spacial score (nSPS) is 13.3. The van der Waals surface area contributed by atoms with E-state index in [4.69, 9.17) is 4.74 Å². The maximum atomic E-state index is 11.4. The molecule has 0 saturated heterocycles. The Morgan fingerprint density at radius 1 is 0.955 bits per heavy atom. The van der Waals surface area contributed by atoms with Crippen LogP contribution in [0.25, 0.3) is 10.8 Å². The van der Waals surface area contributed by atoms with Crippen molar-refractivity contribution < 1.29 is 17.7 Å². The van der Waals surface area contributed by atoms with Crippen molar-refractivity contribution in [2.75, 3.05) is 0 Å². The highest BCUT2D eigenvalue weighted by Gasteiger charge is 2.20. The van der Waals surface area contributed by atoms with Crippen LogP contribution in [0, 0.1) is 0 Å². The van der Waals surface area contributed by atoms with E-state index in [9.17, 15) is 13.0 Å². The van der Waals surface area contributed by atoms with E-state index >= 15 is 0 Å². The molecule has 0 aromatic heterocycles. The van der Waals surface area contributed by atoms with Crippen molar-refractivity contribution in [3.05, 3.63) is 65.7 Å². The zero-order valence-electron chi connectivity index (χ0n) is 11.5. The minimum absolute atomic E-state index is 0.104. The van der Waals surface area contributed by atoms with Crippen LogP contribution in [0.4, 0.5) is 0 Å². The molecule has 110 valence electrons. The van der Waals surface area contributed by atoms with E-state index in [0.29, 0.717) is 6.42 Å². The Balaban J connectivity index is 1.97. The van der Waals surface area contributed by atoms with Crippen LogP contribution in [-0.2, 0) is 16.5 Å². The highest BCUT2D eigenvalue weighted by Crippen LogP contribution is 2.40. The van der Waals surface area contributed by atoms with E-state index in [1.54, 1.807) is 6.07 Å². The maximum Gasteiger partial charge on any atom is 0.294 e. The zero-order valence-corrected chi connectivity index (χ0v) is 12.3. The van der Waals surface area contributed by atoms with Gasteiger partial charge in [0.1, 0.15) is 11.5 Å². The third-order valence-electron chi connectivity index (χ3n) is 3.92. The SMILES string of the molecule is O=S(=O)(O)c1ccc2ccc3c(c2c1)Cc1ccccc1O3. The number of ether oxygens (including phenoxy) is 1. The molecule has 5 heteroatoms. The van der Waals surface area contributed by atoms with Gasteiger partial charge in [0.15, 0.2) is 0 Å². The minimum atomic E-state index is -4.22. The molecule has 0 fully saturated rings. The number of fused-ring (bicyclic) bond motifs is 4. The standard InChI is InChI=1S/C17H12O4S/c18-22(19,20)13-7-5-11-6-8-17-15(14(11)10-13)9-12-3-1-2-4-16(12)21-17/h1-8,10H,9H2,(H,18,19,20). The summed E-state index contributed by atoms with van der Waals surface area (Å²) in [7, 11) is -4.22. The lowest BCUT2D eigenvalue weighted by atomic mass is 9.95. The van der Waals surface area contributed by atoms with Crippen molar-refractivity contribution in [2.24, 2.45) is 0 Å². The average Bonchev–Trinajstić information content (AvgIpc) is 2.51. The lowest BCUT2D eigenvalue weighted by Gasteiger charge is -2.21. The number of rotatable bonds is 1. The molecule has 0 bridgehead atoms. The molecule has 0 radical (unpaired) electrons. The summed E-state index contributed by atoms with van der Waals surface area (Å²) in [6.45, 7) is 0. The predicted octanol–water partition coefficient (Wildman–Crippen LogP) is 3.78. The second kappa shape index (κ2) is 4.56. The van der Waals surface area contributed by atoms with Crippen LogP contribution in [-0.4, -0.2) is 13.0 Å². The van der Waals surface area contributed by atoms with E-state index in [1.807, 2.05) is 36.4 Å².